The summed E-state index contributed by atoms with van der Waals surface area (Å²) in [7, 11) is 0. The molecule has 2 rings (SSSR count). The molecule has 0 spiro atoms. The van der Waals surface area contributed by atoms with Gasteiger partial charge in [0, 0.05) is 11.3 Å². The lowest BCUT2D eigenvalue weighted by Crippen LogP contribution is -2.27. The number of rotatable bonds is 3. The normalized spacial score (nSPS) is 11.9. The second-order valence-corrected chi connectivity index (χ2v) is 5.14. The topological polar surface area (TPSA) is 55.1 Å². The molecule has 0 aromatic heterocycles. The molecule has 3 heteroatoms. The van der Waals surface area contributed by atoms with Gasteiger partial charge in [0.1, 0.15) is 0 Å². The number of aryl methyl sites for hydroxylation is 2. The van der Waals surface area contributed by atoms with Gasteiger partial charge < -0.3 is 11.1 Å². The summed E-state index contributed by atoms with van der Waals surface area (Å²) >= 11 is 0. The van der Waals surface area contributed by atoms with Gasteiger partial charge in [-0.15, -0.1) is 0 Å². The Balaban J connectivity index is 2.20. The van der Waals surface area contributed by atoms with Crippen molar-refractivity contribution in [2.75, 3.05) is 5.73 Å². The van der Waals surface area contributed by atoms with Crippen molar-refractivity contribution < 1.29 is 4.79 Å². The number of anilines is 1. The van der Waals surface area contributed by atoms with Crippen LogP contribution in [0.1, 0.15) is 40.0 Å². The first-order chi connectivity index (χ1) is 9.49. The van der Waals surface area contributed by atoms with Gasteiger partial charge in [-0.05, 0) is 44.0 Å². The first kappa shape index (κ1) is 14.1. The number of nitrogen functional groups attached to an aromatic ring is 1. The molecule has 2 aromatic carbocycles. The minimum absolute atomic E-state index is 0.0676. The highest BCUT2D eigenvalue weighted by atomic mass is 16.1. The van der Waals surface area contributed by atoms with Crippen molar-refractivity contribution in [1.82, 2.24) is 5.32 Å². The first-order valence-electron chi connectivity index (χ1n) is 6.71. The van der Waals surface area contributed by atoms with Crippen LogP contribution in [0.4, 0.5) is 5.69 Å². The Morgan fingerprint density at radius 1 is 1.15 bits per heavy atom. The van der Waals surface area contributed by atoms with Crippen LogP contribution < -0.4 is 11.1 Å². The van der Waals surface area contributed by atoms with Crippen molar-refractivity contribution in [3.8, 4) is 0 Å². The number of nitrogens with one attached hydrogen (secondary N) is 1. The number of amides is 1. The molecule has 0 aliphatic carbocycles. The number of para-hydroxylation sites is 1. The fourth-order valence-corrected chi connectivity index (χ4v) is 2.24. The van der Waals surface area contributed by atoms with E-state index in [4.69, 9.17) is 5.73 Å². The molecule has 104 valence electrons. The van der Waals surface area contributed by atoms with Gasteiger partial charge in [-0.2, -0.15) is 0 Å². The summed E-state index contributed by atoms with van der Waals surface area (Å²) in [6.07, 6.45) is 0. The Kier molecular flexibility index (Phi) is 4.08. The molecule has 0 saturated carbocycles. The third kappa shape index (κ3) is 2.99. The molecule has 2 aromatic rings. The summed E-state index contributed by atoms with van der Waals surface area (Å²) in [5.74, 6) is -0.0676. The molecule has 1 unspecified atom stereocenters. The van der Waals surface area contributed by atoms with E-state index in [1.54, 1.807) is 0 Å². The molecule has 1 atom stereocenters. The molecule has 0 aliphatic heterocycles. The van der Waals surface area contributed by atoms with Crippen molar-refractivity contribution >= 4 is 11.6 Å². The number of carbonyl (C=O) groups is 1. The predicted molar refractivity (Wildman–Crippen MR) is 82.7 cm³/mol. The average Bonchev–Trinajstić information content (AvgIpc) is 2.41. The van der Waals surface area contributed by atoms with Gasteiger partial charge in [-0.3, -0.25) is 4.79 Å². The van der Waals surface area contributed by atoms with Gasteiger partial charge in [-0.1, -0.05) is 35.9 Å². The second-order valence-electron chi connectivity index (χ2n) is 5.14. The molecule has 0 fully saturated rings. The van der Waals surface area contributed by atoms with E-state index in [1.165, 1.54) is 0 Å². The summed E-state index contributed by atoms with van der Waals surface area (Å²) in [6.45, 7) is 5.86. The zero-order chi connectivity index (χ0) is 14.7. The lowest BCUT2D eigenvalue weighted by molar-refractivity contribution is 0.0939. The molecule has 3 N–H and O–H groups in total. The highest BCUT2D eigenvalue weighted by molar-refractivity contribution is 5.96. The summed E-state index contributed by atoms with van der Waals surface area (Å²) in [6, 6.07) is 13.3. The monoisotopic (exact) mass is 268 g/mol. The zero-order valence-electron chi connectivity index (χ0n) is 12.1. The van der Waals surface area contributed by atoms with E-state index < -0.39 is 0 Å². The third-order valence-corrected chi connectivity index (χ3v) is 3.45. The lowest BCUT2D eigenvalue weighted by Gasteiger charge is -2.17. The van der Waals surface area contributed by atoms with E-state index in [1.807, 2.05) is 63.2 Å². The molecule has 0 aliphatic rings. The van der Waals surface area contributed by atoms with Crippen LogP contribution in [0.5, 0.6) is 0 Å². The molecule has 3 nitrogen and oxygen atoms in total. The Morgan fingerprint density at radius 3 is 2.55 bits per heavy atom. The van der Waals surface area contributed by atoms with E-state index in [0.717, 1.165) is 16.7 Å². The largest absolute Gasteiger partial charge is 0.398 e. The van der Waals surface area contributed by atoms with Crippen molar-refractivity contribution in [2.24, 2.45) is 0 Å². The molecule has 1 amide bonds. The van der Waals surface area contributed by atoms with E-state index in [2.05, 4.69) is 5.32 Å². The Bertz CT molecular complexity index is 635. The summed E-state index contributed by atoms with van der Waals surface area (Å²) < 4.78 is 0. The highest BCUT2D eigenvalue weighted by Gasteiger charge is 2.14. The van der Waals surface area contributed by atoms with Gasteiger partial charge >= 0.3 is 0 Å². The number of hydrogen-bond acceptors (Lipinski definition) is 2. The van der Waals surface area contributed by atoms with Crippen LogP contribution in [0.2, 0.25) is 0 Å². The number of carbonyl (C=O) groups excluding carboxylic acids is 1. The van der Waals surface area contributed by atoms with E-state index in [0.29, 0.717) is 11.3 Å². The summed E-state index contributed by atoms with van der Waals surface area (Å²) in [5.41, 5.74) is 10.3. The maximum Gasteiger partial charge on any atom is 0.252 e. The Hall–Kier alpha value is -2.29. The Labute approximate surface area is 119 Å². The quantitative estimate of drug-likeness (QED) is 0.838. The Morgan fingerprint density at radius 2 is 1.85 bits per heavy atom. The van der Waals surface area contributed by atoms with Gasteiger partial charge in [0.2, 0.25) is 0 Å². The second kappa shape index (κ2) is 5.78. The molecule has 0 saturated heterocycles. The lowest BCUT2D eigenvalue weighted by atomic mass is 10.0. The highest BCUT2D eigenvalue weighted by Crippen LogP contribution is 2.20. The molecule has 20 heavy (non-hydrogen) atoms. The molecule has 0 radical (unpaired) electrons. The molecule has 0 heterocycles. The van der Waals surface area contributed by atoms with Crippen LogP contribution in [0.25, 0.3) is 0 Å². The van der Waals surface area contributed by atoms with Gasteiger partial charge in [0.05, 0.1) is 6.04 Å². The van der Waals surface area contributed by atoms with Crippen LogP contribution in [0, 0.1) is 13.8 Å². The first-order valence-corrected chi connectivity index (χ1v) is 6.71. The van der Waals surface area contributed by atoms with Gasteiger partial charge in [0.25, 0.3) is 5.91 Å². The zero-order valence-corrected chi connectivity index (χ0v) is 12.1. The van der Waals surface area contributed by atoms with Crippen LogP contribution >= 0.6 is 0 Å². The maximum atomic E-state index is 12.4. The summed E-state index contributed by atoms with van der Waals surface area (Å²) in [5, 5.41) is 3.00. The van der Waals surface area contributed by atoms with Crippen molar-refractivity contribution in [3.05, 3.63) is 64.7 Å². The SMILES string of the molecule is Cc1ccc(C)c(C(=O)NC(C)c2ccccc2N)c1. The van der Waals surface area contributed by atoms with E-state index in [-0.39, 0.29) is 11.9 Å². The van der Waals surface area contributed by atoms with Crippen molar-refractivity contribution in [2.45, 2.75) is 26.8 Å². The van der Waals surface area contributed by atoms with E-state index >= 15 is 0 Å². The number of nitrogens with two attached hydrogens (primary N) is 1. The minimum atomic E-state index is -0.122. The van der Waals surface area contributed by atoms with Crippen LogP contribution in [0.15, 0.2) is 42.5 Å². The number of hydrogen-bond donors (Lipinski definition) is 2. The standard InChI is InChI=1S/C17H20N2O/c1-11-8-9-12(2)15(10-11)17(20)19-13(3)14-6-4-5-7-16(14)18/h4-10,13H,18H2,1-3H3,(H,19,20). The maximum absolute atomic E-state index is 12.4. The third-order valence-electron chi connectivity index (χ3n) is 3.45. The molecular weight excluding hydrogens is 248 g/mol. The van der Waals surface area contributed by atoms with Crippen molar-refractivity contribution in [3.63, 3.8) is 0 Å². The molecular formula is C17H20N2O. The van der Waals surface area contributed by atoms with Crippen LogP contribution in [0.3, 0.4) is 0 Å². The van der Waals surface area contributed by atoms with Crippen LogP contribution in [-0.4, -0.2) is 5.91 Å². The van der Waals surface area contributed by atoms with Crippen molar-refractivity contribution in [1.29, 1.82) is 0 Å². The van der Waals surface area contributed by atoms with Gasteiger partial charge in [0.15, 0.2) is 0 Å². The predicted octanol–water partition coefficient (Wildman–Crippen LogP) is 3.38. The number of benzene rings is 2. The average molecular weight is 268 g/mol. The smallest absolute Gasteiger partial charge is 0.252 e. The van der Waals surface area contributed by atoms with Crippen LogP contribution in [-0.2, 0) is 0 Å². The minimum Gasteiger partial charge on any atom is -0.398 e. The molecule has 0 bridgehead atoms. The fraction of sp³-hybridized carbons (Fsp3) is 0.235. The summed E-state index contributed by atoms with van der Waals surface area (Å²) in [4.78, 5) is 12.4. The van der Waals surface area contributed by atoms with E-state index in [9.17, 15) is 4.79 Å². The van der Waals surface area contributed by atoms with Gasteiger partial charge in [-0.25, -0.2) is 0 Å². The fourth-order valence-electron chi connectivity index (χ4n) is 2.24.